The first-order chi connectivity index (χ1) is 10.1. The second-order valence-corrected chi connectivity index (χ2v) is 5.68. The largest absolute Gasteiger partial charge is 0.508 e. The predicted octanol–water partition coefficient (Wildman–Crippen LogP) is 3.28. The molecule has 108 valence electrons. The van der Waals surface area contributed by atoms with E-state index in [1.807, 2.05) is 19.1 Å². The number of phenols is 1. The summed E-state index contributed by atoms with van der Waals surface area (Å²) < 4.78 is 2.23. The average Bonchev–Trinajstić information content (AvgIpc) is 2.83. The lowest BCUT2D eigenvalue weighted by molar-refractivity contribution is 0.475. The summed E-state index contributed by atoms with van der Waals surface area (Å²) in [4.78, 5) is 0. The van der Waals surface area contributed by atoms with E-state index in [2.05, 4.69) is 35.0 Å². The standard InChI is InChI=1S/C18H20N2O/c1-13(19)10-15-2-5-16-8-9-20(18(16)11-15)12-14-3-6-17(21)7-4-14/h2-9,11,13,21H,10,12,19H2,1H3. The fraction of sp³-hybridized carbons (Fsp3) is 0.222. The van der Waals surface area contributed by atoms with Gasteiger partial charge in [-0.2, -0.15) is 0 Å². The van der Waals surface area contributed by atoms with Gasteiger partial charge in [0, 0.05) is 24.3 Å². The first-order valence-electron chi connectivity index (χ1n) is 7.23. The summed E-state index contributed by atoms with van der Waals surface area (Å²) in [5.41, 5.74) is 9.55. The van der Waals surface area contributed by atoms with Gasteiger partial charge in [0.1, 0.15) is 5.75 Å². The minimum atomic E-state index is 0.169. The van der Waals surface area contributed by atoms with E-state index in [0.29, 0.717) is 5.75 Å². The Hall–Kier alpha value is -2.26. The lowest BCUT2D eigenvalue weighted by atomic mass is 10.1. The molecule has 3 rings (SSSR count). The van der Waals surface area contributed by atoms with Crippen LogP contribution in [0.1, 0.15) is 18.1 Å². The summed E-state index contributed by atoms with van der Waals surface area (Å²) >= 11 is 0. The maximum atomic E-state index is 9.36. The molecule has 0 bridgehead atoms. The molecule has 1 aromatic heterocycles. The highest BCUT2D eigenvalue weighted by molar-refractivity contribution is 5.81. The van der Waals surface area contributed by atoms with Crippen molar-refractivity contribution in [3.05, 3.63) is 65.9 Å². The van der Waals surface area contributed by atoms with Crippen LogP contribution in [0.5, 0.6) is 5.75 Å². The van der Waals surface area contributed by atoms with E-state index < -0.39 is 0 Å². The number of nitrogens with zero attached hydrogens (tertiary/aromatic N) is 1. The molecular weight excluding hydrogens is 260 g/mol. The van der Waals surface area contributed by atoms with E-state index in [-0.39, 0.29) is 6.04 Å². The van der Waals surface area contributed by atoms with Gasteiger partial charge >= 0.3 is 0 Å². The van der Waals surface area contributed by atoms with Crippen molar-refractivity contribution in [1.29, 1.82) is 0 Å². The Bertz CT molecular complexity index is 742. The molecule has 0 fully saturated rings. The highest BCUT2D eigenvalue weighted by atomic mass is 16.3. The summed E-state index contributed by atoms with van der Waals surface area (Å²) in [5, 5.41) is 10.6. The quantitative estimate of drug-likeness (QED) is 0.770. The minimum absolute atomic E-state index is 0.169. The zero-order chi connectivity index (χ0) is 14.8. The lowest BCUT2D eigenvalue weighted by Gasteiger charge is -2.09. The van der Waals surface area contributed by atoms with Crippen LogP contribution in [-0.2, 0) is 13.0 Å². The van der Waals surface area contributed by atoms with E-state index in [1.165, 1.54) is 22.0 Å². The van der Waals surface area contributed by atoms with E-state index >= 15 is 0 Å². The zero-order valence-electron chi connectivity index (χ0n) is 12.2. The van der Waals surface area contributed by atoms with E-state index in [0.717, 1.165) is 13.0 Å². The average molecular weight is 280 g/mol. The molecule has 21 heavy (non-hydrogen) atoms. The van der Waals surface area contributed by atoms with Crippen LogP contribution < -0.4 is 5.73 Å². The van der Waals surface area contributed by atoms with Crippen molar-refractivity contribution < 1.29 is 5.11 Å². The third-order valence-electron chi connectivity index (χ3n) is 3.69. The highest BCUT2D eigenvalue weighted by Crippen LogP contribution is 2.20. The molecule has 0 radical (unpaired) electrons. The van der Waals surface area contributed by atoms with Crippen LogP contribution in [-0.4, -0.2) is 15.7 Å². The van der Waals surface area contributed by atoms with Gasteiger partial charge in [0.25, 0.3) is 0 Å². The predicted molar refractivity (Wildman–Crippen MR) is 86.5 cm³/mol. The second kappa shape index (κ2) is 5.62. The van der Waals surface area contributed by atoms with E-state index in [9.17, 15) is 5.11 Å². The summed E-state index contributed by atoms with van der Waals surface area (Å²) in [5.74, 6) is 0.301. The number of phenolic OH excluding ortho intramolecular Hbond substituents is 1. The van der Waals surface area contributed by atoms with Gasteiger partial charge in [0.2, 0.25) is 0 Å². The molecule has 1 atom stereocenters. The summed E-state index contributed by atoms with van der Waals surface area (Å²) in [6, 6.07) is 16.2. The van der Waals surface area contributed by atoms with E-state index in [1.54, 1.807) is 12.1 Å². The van der Waals surface area contributed by atoms with Gasteiger partial charge in [-0.25, -0.2) is 0 Å². The van der Waals surface area contributed by atoms with Gasteiger partial charge < -0.3 is 15.4 Å². The van der Waals surface area contributed by atoms with Gasteiger partial charge in [-0.3, -0.25) is 0 Å². The molecule has 3 nitrogen and oxygen atoms in total. The van der Waals surface area contributed by atoms with Gasteiger partial charge in [-0.05, 0) is 54.1 Å². The number of nitrogens with two attached hydrogens (primary N) is 1. The summed E-state index contributed by atoms with van der Waals surface area (Å²) in [6.45, 7) is 2.82. The maximum absolute atomic E-state index is 9.36. The molecule has 1 heterocycles. The molecule has 0 saturated heterocycles. The van der Waals surface area contributed by atoms with Crippen molar-refractivity contribution >= 4 is 10.9 Å². The number of fused-ring (bicyclic) bond motifs is 1. The van der Waals surface area contributed by atoms with Crippen LogP contribution >= 0.6 is 0 Å². The van der Waals surface area contributed by atoms with Crippen LogP contribution in [0.25, 0.3) is 10.9 Å². The SMILES string of the molecule is CC(N)Cc1ccc2ccn(Cc3ccc(O)cc3)c2c1. The first-order valence-corrected chi connectivity index (χ1v) is 7.23. The molecule has 0 saturated carbocycles. The molecule has 0 spiro atoms. The number of rotatable bonds is 4. The molecular formula is C18H20N2O. The monoisotopic (exact) mass is 280 g/mol. The lowest BCUT2D eigenvalue weighted by Crippen LogP contribution is -2.17. The fourth-order valence-corrected chi connectivity index (χ4v) is 2.66. The Labute approximate surface area is 124 Å². The molecule has 0 aliphatic carbocycles. The Morgan fingerprint density at radius 1 is 1.05 bits per heavy atom. The van der Waals surface area contributed by atoms with Gasteiger partial charge in [-0.1, -0.05) is 24.3 Å². The summed E-state index contributed by atoms with van der Waals surface area (Å²) in [6.07, 6.45) is 2.99. The van der Waals surface area contributed by atoms with Gasteiger partial charge in [0.15, 0.2) is 0 Å². The topological polar surface area (TPSA) is 51.2 Å². The number of hydrogen-bond acceptors (Lipinski definition) is 2. The van der Waals surface area contributed by atoms with Crippen molar-refractivity contribution in [2.45, 2.75) is 25.9 Å². The molecule has 0 amide bonds. The van der Waals surface area contributed by atoms with Crippen molar-refractivity contribution in [2.75, 3.05) is 0 Å². The van der Waals surface area contributed by atoms with Crippen LogP contribution in [0.15, 0.2) is 54.7 Å². The fourth-order valence-electron chi connectivity index (χ4n) is 2.66. The zero-order valence-corrected chi connectivity index (χ0v) is 12.2. The highest BCUT2D eigenvalue weighted by Gasteiger charge is 2.05. The molecule has 0 aliphatic rings. The Balaban J connectivity index is 1.92. The van der Waals surface area contributed by atoms with Crippen molar-refractivity contribution in [3.63, 3.8) is 0 Å². The Morgan fingerprint density at radius 2 is 1.76 bits per heavy atom. The Morgan fingerprint density at radius 3 is 2.48 bits per heavy atom. The summed E-state index contributed by atoms with van der Waals surface area (Å²) in [7, 11) is 0. The molecule has 3 N–H and O–H groups in total. The van der Waals surface area contributed by atoms with Crippen LogP contribution in [0, 0.1) is 0 Å². The van der Waals surface area contributed by atoms with Crippen LogP contribution in [0.3, 0.4) is 0 Å². The number of benzene rings is 2. The number of aromatic hydroxyl groups is 1. The molecule has 3 heteroatoms. The van der Waals surface area contributed by atoms with Gasteiger partial charge in [0.05, 0.1) is 0 Å². The molecule has 1 unspecified atom stereocenters. The van der Waals surface area contributed by atoms with Crippen LogP contribution in [0.2, 0.25) is 0 Å². The molecule has 0 aliphatic heterocycles. The molecule has 2 aromatic carbocycles. The van der Waals surface area contributed by atoms with Crippen molar-refractivity contribution in [3.8, 4) is 5.75 Å². The normalized spacial score (nSPS) is 12.7. The van der Waals surface area contributed by atoms with Crippen molar-refractivity contribution in [2.24, 2.45) is 5.73 Å². The number of aromatic nitrogens is 1. The first kappa shape index (κ1) is 13.7. The number of hydrogen-bond donors (Lipinski definition) is 2. The van der Waals surface area contributed by atoms with Crippen LogP contribution in [0.4, 0.5) is 0 Å². The Kier molecular flexibility index (Phi) is 3.67. The van der Waals surface area contributed by atoms with Crippen molar-refractivity contribution in [1.82, 2.24) is 4.57 Å². The smallest absolute Gasteiger partial charge is 0.115 e. The third-order valence-corrected chi connectivity index (χ3v) is 3.69. The molecule has 3 aromatic rings. The minimum Gasteiger partial charge on any atom is -0.508 e. The maximum Gasteiger partial charge on any atom is 0.115 e. The third kappa shape index (κ3) is 3.09. The van der Waals surface area contributed by atoms with E-state index in [4.69, 9.17) is 5.73 Å². The second-order valence-electron chi connectivity index (χ2n) is 5.68. The van der Waals surface area contributed by atoms with Gasteiger partial charge in [-0.15, -0.1) is 0 Å².